The first-order chi connectivity index (χ1) is 11.7. The van der Waals surface area contributed by atoms with Crippen molar-refractivity contribution in [2.45, 2.75) is 39.3 Å². The van der Waals surface area contributed by atoms with Crippen LogP contribution < -0.4 is 5.32 Å². The molecule has 3 heteroatoms. The number of piperidine rings is 1. The Kier molecular flexibility index (Phi) is 5.17. The summed E-state index contributed by atoms with van der Waals surface area (Å²) in [4.78, 5) is 2.53. The van der Waals surface area contributed by atoms with Gasteiger partial charge in [-0.2, -0.15) is 5.26 Å². The van der Waals surface area contributed by atoms with E-state index in [2.05, 4.69) is 60.5 Å². The highest BCUT2D eigenvalue weighted by atomic mass is 15.1. The molecule has 1 fully saturated rings. The molecule has 0 aliphatic carbocycles. The lowest BCUT2D eigenvalue weighted by atomic mass is 10.0. The number of hydrogen-bond acceptors (Lipinski definition) is 3. The van der Waals surface area contributed by atoms with Crippen molar-refractivity contribution in [2.24, 2.45) is 0 Å². The van der Waals surface area contributed by atoms with E-state index in [1.54, 1.807) is 0 Å². The van der Waals surface area contributed by atoms with E-state index in [0.717, 1.165) is 38.0 Å². The van der Waals surface area contributed by atoms with Crippen LogP contribution in [-0.2, 0) is 6.54 Å². The Morgan fingerprint density at radius 3 is 2.29 bits per heavy atom. The first-order valence-electron chi connectivity index (χ1n) is 8.70. The third-order valence-corrected chi connectivity index (χ3v) is 4.85. The first-order valence-corrected chi connectivity index (χ1v) is 8.70. The van der Waals surface area contributed by atoms with Gasteiger partial charge in [-0.1, -0.05) is 30.3 Å². The van der Waals surface area contributed by atoms with E-state index in [0.29, 0.717) is 6.04 Å². The molecule has 3 nitrogen and oxygen atoms in total. The van der Waals surface area contributed by atoms with Crippen molar-refractivity contribution in [1.29, 1.82) is 5.26 Å². The lowest BCUT2D eigenvalue weighted by Gasteiger charge is -2.33. The maximum Gasteiger partial charge on any atom is 0.0991 e. The summed E-state index contributed by atoms with van der Waals surface area (Å²) in [5.74, 6) is 0. The number of hydrogen-bond donors (Lipinski definition) is 1. The van der Waals surface area contributed by atoms with E-state index in [4.69, 9.17) is 5.26 Å². The summed E-state index contributed by atoms with van der Waals surface area (Å²) in [7, 11) is 0. The molecule has 0 aromatic heterocycles. The van der Waals surface area contributed by atoms with E-state index >= 15 is 0 Å². The number of likely N-dealkylation sites (tertiary alicyclic amines) is 1. The molecule has 0 atom stereocenters. The van der Waals surface area contributed by atoms with Gasteiger partial charge in [-0.25, -0.2) is 0 Å². The number of aryl methyl sites for hydroxylation is 2. The highest BCUT2D eigenvalue weighted by Gasteiger charge is 2.20. The fourth-order valence-corrected chi connectivity index (χ4v) is 3.54. The van der Waals surface area contributed by atoms with Gasteiger partial charge in [0, 0.05) is 31.4 Å². The van der Waals surface area contributed by atoms with Gasteiger partial charge in [0.15, 0.2) is 0 Å². The van der Waals surface area contributed by atoms with E-state index < -0.39 is 0 Å². The first kappa shape index (κ1) is 16.5. The minimum atomic E-state index is 0.516. The number of nitrogens with zero attached hydrogens (tertiary/aromatic N) is 2. The summed E-state index contributed by atoms with van der Waals surface area (Å²) in [6, 6.07) is 17.4. The van der Waals surface area contributed by atoms with E-state index in [9.17, 15) is 0 Å². The molecule has 0 saturated carbocycles. The highest BCUT2D eigenvalue weighted by molar-refractivity contribution is 5.60. The highest BCUT2D eigenvalue weighted by Crippen LogP contribution is 2.25. The zero-order valence-electron chi connectivity index (χ0n) is 14.5. The minimum absolute atomic E-state index is 0.516. The standard InChI is InChI=1S/C21H25N3/c1-16-12-19(14-22)13-17(2)21(16)23-20-8-10-24(11-9-20)15-18-6-4-3-5-7-18/h3-7,12-13,20,23H,8-11,15H2,1-2H3. The largest absolute Gasteiger partial charge is 0.382 e. The molecule has 2 aromatic carbocycles. The number of anilines is 1. The third-order valence-electron chi connectivity index (χ3n) is 4.85. The van der Waals surface area contributed by atoms with Gasteiger partial charge in [-0.05, 0) is 55.5 Å². The zero-order valence-corrected chi connectivity index (χ0v) is 14.5. The Balaban J connectivity index is 1.57. The normalized spacial score (nSPS) is 15.9. The van der Waals surface area contributed by atoms with Gasteiger partial charge in [-0.3, -0.25) is 4.90 Å². The number of nitrogens with one attached hydrogen (secondary N) is 1. The zero-order chi connectivity index (χ0) is 16.9. The molecule has 0 radical (unpaired) electrons. The summed E-state index contributed by atoms with van der Waals surface area (Å²) in [6.45, 7) is 7.46. The Morgan fingerprint density at radius 2 is 1.71 bits per heavy atom. The Hall–Kier alpha value is -2.31. The molecule has 124 valence electrons. The molecule has 1 aliphatic heterocycles. The van der Waals surface area contributed by atoms with Crippen LogP contribution in [0.5, 0.6) is 0 Å². The topological polar surface area (TPSA) is 39.1 Å². The Bertz CT molecular complexity index is 699. The van der Waals surface area contributed by atoms with Gasteiger partial charge in [0.05, 0.1) is 11.6 Å². The van der Waals surface area contributed by atoms with Crippen molar-refractivity contribution in [1.82, 2.24) is 4.90 Å². The van der Waals surface area contributed by atoms with Crippen LogP contribution in [0.25, 0.3) is 0 Å². The summed E-state index contributed by atoms with van der Waals surface area (Å²) in [5, 5.41) is 12.8. The number of nitriles is 1. The molecule has 24 heavy (non-hydrogen) atoms. The molecule has 0 spiro atoms. The molecule has 1 heterocycles. The molecule has 0 unspecified atom stereocenters. The average Bonchev–Trinajstić information content (AvgIpc) is 2.60. The van der Waals surface area contributed by atoms with Gasteiger partial charge in [-0.15, -0.1) is 0 Å². The van der Waals surface area contributed by atoms with E-state index in [1.165, 1.54) is 22.4 Å². The fraction of sp³-hybridized carbons (Fsp3) is 0.381. The van der Waals surface area contributed by atoms with E-state index in [1.807, 2.05) is 12.1 Å². The molecule has 1 N–H and O–H groups in total. The monoisotopic (exact) mass is 319 g/mol. The fourth-order valence-electron chi connectivity index (χ4n) is 3.54. The predicted molar refractivity (Wildman–Crippen MR) is 99.0 cm³/mol. The van der Waals surface area contributed by atoms with Crippen LogP contribution in [-0.4, -0.2) is 24.0 Å². The van der Waals surface area contributed by atoms with Crippen molar-refractivity contribution in [2.75, 3.05) is 18.4 Å². The predicted octanol–water partition coefficient (Wildman–Crippen LogP) is 4.25. The maximum atomic E-state index is 9.07. The molecule has 2 aromatic rings. The Labute approximate surface area is 144 Å². The summed E-state index contributed by atoms with van der Waals surface area (Å²) >= 11 is 0. The second-order valence-electron chi connectivity index (χ2n) is 6.78. The quantitative estimate of drug-likeness (QED) is 0.915. The summed E-state index contributed by atoms with van der Waals surface area (Å²) in [6.07, 6.45) is 2.32. The number of benzene rings is 2. The van der Waals surface area contributed by atoms with Crippen molar-refractivity contribution in [3.63, 3.8) is 0 Å². The molecule has 1 saturated heterocycles. The van der Waals surface area contributed by atoms with Crippen molar-refractivity contribution >= 4 is 5.69 Å². The summed E-state index contributed by atoms with van der Waals surface area (Å²) in [5.41, 5.74) is 5.67. The van der Waals surface area contributed by atoms with Gasteiger partial charge in [0.25, 0.3) is 0 Å². The van der Waals surface area contributed by atoms with Crippen LogP contribution >= 0.6 is 0 Å². The molecule has 3 rings (SSSR count). The van der Waals surface area contributed by atoms with Crippen molar-refractivity contribution in [3.05, 3.63) is 64.7 Å². The second kappa shape index (κ2) is 7.51. The van der Waals surface area contributed by atoms with Crippen LogP contribution in [0, 0.1) is 25.2 Å². The minimum Gasteiger partial charge on any atom is -0.382 e. The van der Waals surface area contributed by atoms with Crippen molar-refractivity contribution in [3.8, 4) is 6.07 Å². The lowest BCUT2D eigenvalue weighted by molar-refractivity contribution is 0.211. The molecular weight excluding hydrogens is 294 g/mol. The van der Waals surface area contributed by atoms with Crippen LogP contribution in [0.1, 0.15) is 35.1 Å². The smallest absolute Gasteiger partial charge is 0.0991 e. The van der Waals surface area contributed by atoms with Gasteiger partial charge >= 0.3 is 0 Å². The average molecular weight is 319 g/mol. The third kappa shape index (κ3) is 3.96. The summed E-state index contributed by atoms with van der Waals surface area (Å²) < 4.78 is 0. The SMILES string of the molecule is Cc1cc(C#N)cc(C)c1NC1CCN(Cc2ccccc2)CC1. The van der Waals surface area contributed by atoms with Crippen molar-refractivity contribution < 1.29 is 0 Å². The van der Waals surface area contributed by atoms with Crippen LogP contribution in [0.3, 0.4) is 0 Å². The van der Waals surface area contributed by atoms with Crippen LogP contribution in [0.4, 0.5) is 5.69 Å². The number of rotatable bonds is 4. The van der Waals surface area contributed by atoms with E-state index in [-0.39, 0.29) is 0 Å². The molecule has 1 aliphatic rings. The van der Waals surface area contributed by atoms with Gasteiger partial charge < -0.3 is 5.32 Å². The Morgan fingerprint density at radius 1 is 1.08 bits per heavy atom. The molecular formula is C21H25N3. The van der Waals surface area contributed by atoms with Crippen LogP contribution in [0.15, 0.2) is 42.5 Å². The van der Waals surface area contributed by atoms with Gasteiger partial charge in [0.1, 0.15) is 0 Å². The second-order valence-corrected chi connectivity index (χ2v) is 6.78. The maximum absolute atomic E-state index is 9.07. The lowest BCUT2D eigenvalue weighted by Crippen LogP contribution is -2.38. The molecule has 0 amide bonds. The van der Waals surface area contributed by atoms with Gasteiger partial charge in [0.2, 0.25) is 0 Å². The van der Waals surface area contributed by atoms with Crippen LogP contribution in [0.2, 0.25) is 0 Å². The molecule has 0 bridgehead atoms.